The highest BCUT2D eigenvalue weighted by molar-refractivity contribution is 5.98. The molecule has 0 aliphatic heterocycles. The summed E-state index contributed by atoms with van der Waals surface area (Å²) in [5.41, 5.74) is 0. The average molecular weight is 201 g/mol. The van der Waals surface area contributed by atoms with Gasteiger partial charge in [-0.25, -0.2) is 4.79 Å². The van der Waals surface area contributed by atoms with E-state index in [9.17, 15) is 14.4 Å². The maximum atomic E-state index is 11.0. The second-order valence-corrected chi connectivity index (χ2v) is 2.92. The Kier molecular flexibility index (Phi) is 5.52. The zero-order valence-electron chi connectivity index (χ0n) is 8.62. The highest BCUT2D eigenvalue weighted by Crippen LogP contribution is 1.90. The van der Waals surface area contributed by atoms with E-state index in [0.717, 1.165) is 0 Å². The van der Waals surface area contributed by atoms with E-state index in [1.165, 1.54) is 13.8 Å². The first kappa shape index (κ1) is 12.6. The molecular weight excluding hydrogens is 186 g/mol. The summed E-state index contributed by atoms with van der Waals surface area (Å²) in [5.74, 6) is -1.19. The van der Waals surface area contributed by atoms with Gasteiger partial charge in [0.15, 0.2) is 0 Å². The van der Waals surface area contributed by atoms with Crippen molar-refractivity contribution in [2.24, 2.45) is 0 Å². The van der Waals surface area contributed by atoms with E-state index in [2.05, 4.69) is 10.1 Å². The summed E-state index contributed by atoms with van der Waals surface area (Å²) in [5, 5.41) is 2.36. The highest BCUT2D eigenvalue weighted by atomic mass is 16.5. The molecular formula is C9H15NO4. The van der Waals surface area contributed by atoms with Crippen LogP contribution in [0.15, 0.2) is 0 Å². The van der Waals surface area contributed by atoms with Crippen molar-refractivity contribution in [2.75, 3.05) is 6.61 Å². The number of nitrogens with one attached hydrogen (secondary N) is 1. The molecule has 0 aromatic rings. The van der Waals surface area contributed by atoms with Gasteiger partial charge in [0, 0.05) is 0 Å². The summed E-state index contributed by atoms with van der Waals surface area (Å²) in [4.78, 5) is 32.6. The van der Waals surface area contributed by atoms with Crippen molar-refractivity contribution in [2.45, 2.75) is 33.2 Å². The third-order valence-electron chi connectivity index (χ3n) is 1.43. The first-order valence-corrected chi connectivity index (χ1v) is 4.42. The van der Waals surface area contributed by atoms with Gasteiger partial charge < -0.3 is 10.1 Å². The third-order valence-corrected chi connectivity index (χ3v) is 1.43. The number of hydrogen-bond donors (Lipinski definition) is 1. The number of carbonyl (C=O) groups is 3. The average Bonchev–Trinajstić information content (AvgIpc) is 2.02. The number of amides is 1. The van der Waals surface area contributed by atoms with Crippen molar-refractivity contribution >= 4 is 17.7 Å². The van der Waals surface area contributed by atoms with E-state index in [4.69, 9.17) is 0 Å². The minimum absolute atomic E-state index is 0.205. The Labute approximate surface area is 82.8 Å². The number of ketones is 1. The topological polar surface area (TPSA) is 72.5 Å². The SMILES string of the molecule is CCOC(=O)[C@H](C)NC(=O)CC(C)=O. The fraction of sp³-hybridized carbons (Fsp3) is 0.667. The van der Waals surface area contributed by atoms with E-state index in [1.54, 1.807) is 6.92 Å². The van der Waals surface area contributed by atoms with Gasteiger partial charge in [0.2, 0.25) is 5.91 Å². The fourth-order valence-corrected chi connectivity index (χ4v) is 0.845. The second-order valence-electron chi connectivity index (χ2n) is 2.92. The molecule has 0 saturated heterocycles. The largest absolute Gasteiger partial charge is 0.464 e. The van der Waals surface area contributed by atoms with Crippen molar-refractivity contribution in [1.82, 2.24) is 5.32 Å². The predicted molar refractivity (Wildman–Crippen MR) is 49.5 cm³/mol. The van der Waals surface area contributed by atoms with E-state index >= 15 is 0 Å². The van der Waals surface area contributed by atoms with Crippen LogP contribution in [0.2, 0.25) is 0 Å². The van der Waals surface area contributed by atoms with Gasteiger partial charge in [-0.2, -0.15) is 0 Å². The van der Waals surface area contributed by atoms with Crippen molar-refractivity contribution in [1.29, 1.82) is 0 Å². The van der Waals surface area contributed by atoms with Gasteiger partial charge in [-0.1, -0.05) is 0 Å². The van der Waals surface area contributed by atoms with Gasteiger partial charge in [0.05, 0.1) is 13.0 Å². The summed E-state index contributed by atoms with van der Waals surface area (Å²) in [6.45, 7) is 4.78. The lowest BCUT2D eigenvalue weighted by Gasteiger charge is -2.11. The standard InChI is InChI=1S/C9H15NO4/c1-4-14-9(13)7(3)10-8(12)5-6(2)11/h7H,4-5H2,1-3H3,(H,10,12)/t7-/m0/s1. The molecule has 0 aromatic heterocycles. The van der Waals surface area contributed by atoms with Crippen molar-refractivity contribution in [3.63, 3.8) is 0 Å². The molecule has 1 amide bonds. The Morgan fingerprint density at radius 2 is 1.93 bits per heavy atom. The van der Waals surface area contributed by atoms with Crippen molar-refractivity contribution in [3.05, 3.63) is 0 Å². The summed E-state index contributed by atoms with van der Waals surface area (Å²) in [7, 11) is 0. The number of esters is 1. The van der Waals surface area contributed by atoms with E-state index in [-0.39, 0.29) is 18.8 Å². The molecule has 0 fully saturated rings. The number of Topliss-reactive ketones (excluding diaryl/α,β-unsaturated/α-hetero) is 1. The maximum Gasteiger partial charge on any atom is 0.328 e. The third kappa shape index (κ3) is 5.29. The van der Waals surface area contributed by atoms with Crippen LogP contribution in [0.3, 0.4) is 0 Å². The molecule has 0 rings (SSSR count). The minimum Gasteiger partial charge on any atom is -0.464 e. The van der Waals surface area contributed by atoms with E-state index in [0.29, 0.717) is 0 Å². The molecule has 5 nitrogen and oxygen atoms in total. The Balaban J connectivity index is 3.92. The Morgan fingerprint density at radius 3 is 2.36 bits per heavy atom. The molecule has 0 aromatic carbocycles. The van der Waals surface area contributed by atoms with Crippen LogP contribution in [0.4, 0.5) is 0 Å². The first-order valence-electron chi connectivity index (χ1n) is 4.42. The molecule has 0 aliphatic rings. The summed E-state index contributed by atoms with van der Waals surface area (Å²) >= 11 is 0. The van der Waals surface area contributed by atoms with Crippen LogP contribution in [0, 0.1) is 0 Å². The van der Waals surface area contributed by atoms with Gasteiger partial charge in [-0.3, -0.25) is 9.59 Å². The maximum absolute atomic E-state index is 11.0. The zero-order chi connectivity index (χ0) is 11.1. The van der Waals surface area contributed by atoms with Gasteiger partial charge in [-0.05, 0) is 20.8 Å². The van der Waals surface area contributed by atoms with Crippen LogP contribution >= 0.6 is 0 Å². The van der Waals surface area contributed by atoms with Crippen LogP contribution in [-0.2, 0) is 19.1 Å². The number of rotatable bonds is 5. The molecule has 0 aliphatic carbocycles. The molecule has 0 spiro atoms. The molecule has 0 unspecified atom stereocenters. The van der Waals surface area contributed by atoms with Crippen molar-refractivity contribution < 1.29 is 19.1 Å². The molecule has 5 heteroatoms. The Morgan fingerprint density at radius 1 is 1.36 bits per heavy atom. The number of hydrogen-bond acceptors (Lipinski definition) is 4. The monoisotopic (exact) mass is 201 g/mol. The van der Waals surface area contributed by atoms with Crippen LogP contribution in [0.1, 0.15) is 27.2 Å². The normalized spacial score (nSPS) is 11.6. The van der Waals surface area contributed by atoms with Crippen LogP contribution in [0.25, 0.3) is 0 Å². The molecule has 1 atom stereocenters. The second kappa shape index (κ2) is 6.12. The quantitative estimate of drug-likeness (QED) is 0.503. The van der Waals surface area contributed by atoms with Gasteiger partial charge in [0.1, 0.15) is 11.8 Å². The molecule has 0 bridgehead atoms. The fourth-order valence-electron chi connectivity index (χ4n) is 0.845. The van der Waals surface area contributed by atoms with Gasteiger partial charge >= 0.3 is 5.97 Å². The molecule has 80 valence electrons. The van der Waals surface area contributed by atoms with Gasteiger partial charge in [-0.15, -0.1) is 0 Å². The molecule has 0 radical (unpaired) electrons. The molecule has 1 N–H and O–H groups in total. The van der Waals surface area contributed by atoms with E-state index < -0.39 is 17.9 Å². The zero-order valence-corrected chi connectivity index (χ0v) is 8.62. The highest BCUT2D eigenvalue weighted by Gasteiger charge is 2.16. The van der Waals surface area contributed by atoms with E-state index in [1.807, 2.05) is 0 Å². The first-order chi connectivity index (χ1) is 6.47. The number of ether oxygens (including phenoxy) is 1. The van der Waals surface area contributed by atoms with Crippen LogP contribution < -0.4 is 5.32 Å². The smallest absolute Gasteiger partial charge is 0.328 e. The summed E-state index contributed by atoms with van der Waals surface area (Å²) in [6, 6.07) is -0.707. The molecule has 0 saturated carbocycles. The lowest BCUT2D eigenvalue weighted by molar-refractivity contribution is -0.147. The van der Waals surface area contributed by atoms with Crippen LogP contribution in [-0.4, -0.2) is 30.3 Å². The molecule has 0 heterocycles. The Bertz CT molecular complexity index is 237. The Hall–Kier alpha value is -1.39. The molecule has 14 heavy (non-hydrogen) atoms. The number of carbonyl (C=O) groups excluding carboxylic acids is 3. The van der Waals surface area contributed by atoms with Gasteiger partial charge in [0.25, 0.3) is 0 Å². The van der Waals surface area contributed by atoms with Crippen LogP contribution in [0.5, 0.6) is 0 Å². The summed E-state index contributed by atoms with van der Waals surface area (Å²) in [6.07, 6.45) is -0.205. The van der Waals surface area contributed by atoms with Crippen molar-refractivity contribution in [3.8, 4) is 0 Å². The summed E-state index contributed by atoms with van der Waals surface area (Å²) < 4.78 is 4.67. The lowest BCUT2D eigenvalue weighted by Crippen LogP contribution is -2.40. The predicted octanol–water partition coefficient (Wildman–Crippen LogP) is 0.0333. The lowest BCUT2D eigenvalue weighted by atomic mass is 10.2. The minimum atomic E-state index is -0.707.